The van der Waals surface area contributed by atoms with E-state index in [9.17, 15) is 18.7 Å². The fraction of sp³-hybridized carbons (Fsp3) is 0.345. The van der Waals surface area contributed by atoms with E-state index in [-0.39, 0.29) is 18.6 Å². The van der Waals surface area contributed by atoms with Crippen LogP contribution in [0.1, 0.15) is 45.9 Å². The number of carbonyl (C=O) groups excluding carboxylic acids is 1. The molecule has 0 heterocycles. The number of ether oxygens (including phenoxy) is 2. The van der Waals surface area contributed by atoms with Crippen LogP contribution in [0.3, 0.4) is 0 Å². The van der Waals surface area contributed by atoms with Gasteiger partial charge >= 0.3 is 13.8 Å². The summed E-state index contributed by atoms with van der Waals surface area (Å²) >= 11 is 0. The molecule has 0 saturated heterocycles. The van der Waals surface area contributed by atoms with Crippen LogP contribution in [-0.4, -0.2) is 32.8 Å². The Morgan fingerprint density at radius 3 is 2.21 bits per heavy atom. The molecular weight excluding hydrogens is 524 g/mol. The molecule has 1 unspecified atom stereocenters. The maximum absolute atomic E-state index is 13.3. The number of aryl methyl sites for hydroxylation is 3. The van der Waals surface area contributed by atoms with E-state index in [1.165, 1.54) is 19.2 Å². The predicted molar refractivity (Wildman–Crippen MR) is 147 cm³/mol. The molecule has 10 heteroatoms. The minimum Gasteiger partial charge on any atom is -0.435 e. The average molecular weight is 558 g/mol. The highest BCUT2D eigenvalue weighted by atomic mass is 31.2. The van der Waals surface area contributed by atoms with E-state index in [0.717, 1.165) is 38.9 Å². The van der Waals surface area contributed by atoms with Crippen LogP contribution in [0.25, 0.3) is 0 Å². The van der Waals surface area contributed by atoms with Crippen LogP contribution in [0.5, 0.6) is 0 Å². The third-order valence-electron chi connectivity index (χ3n) is 6.33. The fourth-order valence-corrected chi connectivity index (χ4v) is 5.46. The molecule has 0 aliphatic rings. The zero-order valence-electron chi connectivity index (χ0n) is 22.6. The van der Waals surface area contributed by atoms with E-state index in [1.54, 1.807) is 25.1 Å². The first-order valence-corrected chi connectivity index (χ1v) is 14.3. The van der Waals surface area contributed by atoms with Crippen LogP contribution < -0.4 is 0 Å². The monoisotopic (exact) mass is 557 g/mol. The molecule has 0 aliphatic carbocycles. The maximum atomic E-state index is 13.3. The summed E-state index contributed by atoms with van der Waals surface area (Å²) in [6.45, 7) is 5.32. The molecule has 0 bridgehead atoms. The smallest absolute Gasteiger partial charge is 0.435 e. The van der Waals surface area contributed by atoms with E-state index >= 15 is 0 Å². The van der Waals surface area contributed by atoms with Crippen LogP contribution in [0.2, 0.25) is 0 Å². The molecule has 0 fully saturated rings. The Labute approximate surface area is 227 Å². The van der Waals surface area contributed by atoms with Crippen LogP contribution in [0, 0.1) is 24.6 Å². The predicted octanol–water partition coefficient (Wildman–Crippen LogP) is 7.55. The third kappa shape index (κ3) is 8.82. The summed E-state index contributed by atoms with van der Waals surface area (Å²) in [6.07, 6.45) is 0.771. The first kappa shape index (κ1) is 30.2. The number of hydrogen-bond donors (Lipinski definition) is 0. The van der Waals surface area contributed by atoms with Gasteiger partial charge in [-0.2, -0.15) is 0 Å². The highest BCUT2D eigenvalue weighted by Gasteiger charge is 2.24. The zero-order chi connectivity index (χ0) is 28.4. The maximum Gasteiger partial charge on any atom is 0.510 e. The number of carbonyl (C=O) groups is 1. The Morgan fingerprint density at radius 2 is 1.59 bits per heavy atom. The molecule has 0 radical (unpaired) electrons. The van der Waals surface area contributed by atoms with E-state index in [1.807, 2.05) is 38.1 Å². The van der Waals surface area contributed by atoms with Gasteiger partial charge in [0.25, 0.3) is 0 Å². The van der Waals surface area contributed by atoms with E-state index in [0.29, 0.717) is 24.9 Å². The van der Waals surface area contributed by atoms with Crippen LogP contribution >= 0.6 is 7.60 Å². The molecule has 39 heavy (non-hydrogen) atoms. The number of benzene rings is 3. The van der Waals surface area contributed by atoms with Crippen LogP contribution in [-0.2, 0) is 42.3 Å². The van der Waals surface area contributed by atoms with Gasteiger partial charge in [-0.15, -0.1) is 4.91 Å². The van der Waals surface area contributed by atoms with Gasteiger partial charge in [0.05, 0.1) is 12.8 Å². The molecule has 3 rings (SSSR count). The standard InChI is InChI=1S/C29H33FNO7P/c1-5-36-29(32)37-19-38-39(34,35-4)13-12-24-14-20(2)27(21(3)15-24)18-23-8-11-28(31-33)25(17-23)16-22-6-9-26(30)10-7-22/h6-11,14-15,17H,5,12-13,16,18-19H2,1-4H3. The second-order valence-electron chi connectivity index (χ2n) is 9.08. The minimum atomic E-state index is -3.47. The zero-order valence-corrected chi connectivity index (χ0v) is 23.5. The molecule has 0 aromatic heterocycles. The minimum absolute atomic E-state index is 0.112. The molecular formula is C29H33FNO7P. The topological polar surface area (TPSA) is 100 Å². The Hall–Kier alpha value is -3.39. The van der Waals surface area contributed by atoms with Crippen molar-refractivity contribution in [3.05, 3.63) is 104 Å². The third-order valence-corrected chi connectivity index (χ3v) is 8.15. The highest BCUT2D eigenvalue weighted by Crippen LogP contribution is 2.47. The second kappa shape index (κ2) is 14.1. The van der Waals surface area contributed by atoms with Gasteiger partial charge in [0.1, 0.15) is 11.5 Å². The van der Waals surface area contributed by atoms with E-state index in [2.05, 4.69) is 9.91 Å². The van der Waals surface area contributed by atoms with Gasteiger partial charge in [0, 0.05) is 7.11 Å². The van der Waals surface area contributed by atoms with Crippen molar-refractivity contribution in [1.29, 1.82) is 0 Å². The molecule has 3 aromatic carbocycles. The molecule has 0 aliphatic heterocycles. The molecule has 3 aromatic rings. The van der Waals surface area contributed by atoms with Gasteiger partial charge in [-0.25, -0.2) is 9.18 Å². The summed E-state index contributed by atoms with van der Waals surface area (Å²) < 4.78 is 45.9. The lowest BCUT2D eigenvalue weighted by Gasteiger charge is -2.17. The summed E-state index contributed by atoms with van der Waals surface area (Å²) in [5, 5.41) is 3.16. The first-order valence-electron chi connectivity index (χ1n) is 12.5. The SMILES string of the molecule is CCOC(=O)OCOP(=O)(CCc1cc(C)c(Cc2ccc(N=O)c(Cc3ccc(F)cc3)c2)c(C)c1)OC. The molecule has 8 nitrogen and oxygen atoms in total. The van der Waals surface area contributed by atoms with Crippen molar-refractivity contribution >= 4 is 19.4 Å². The summed E-state index contributed by atoms with van der Waals surface area (Å²) in [5.74, 6) is -0.309. The fourth-order valence-electron chi connectivity index (χ4n) is 4.30. The molecule has 1 atom stereocenters. The lowest BCUT2D eigenvalue weighted by Crippen LogP contribution is -2.11. The van der Waals surface area contributed by atoms with Crippen LogP contribution in [0.15, 0.2) is 59.8 Å². The quantitative estimate of drug-likeness (QED) is 0.0925. The Morgan fingerprint density at radius 1 is 0.923 bits per heavy atom. The number of nitroso groups, excluding NO2 is 1. The normalized spacial score (nSPS) is 12.5. The molecule has 208 valence electrons. The Bertz CT molecular complexity index is 1320. The molecule has 0 amide bonds. The second-order valence-corrected chi connectivity index (χ2v) is 11.4. The largest absolute Gasteiger partial charge is 0.510 e. The molecule has 0 N–H and O–H groups in total. The van der Waals surface area contributed by atoms with Crippen molar-refractivity contribution in [2.24, 2.45) is 5.18 Å². The summed E-state index contributed by atoms with van der Waals surface area (Å²) in [5.41, 5.74) is 7.32. The lowest BCUT2D eigenvalue weighted by molar-refractivity contribution is 0.00214. The van der Waals surface area contributed by atoms with Crippen LogP contribution in [0.4, 0.5) is 14.9 Å². The van der Waals surface area contributed by atoms with Gasteiger partial charge in [-0.3, -0.25) is 9.09 Å². The summed E-state index contributed by atoms with van der Waals surface area (Å²) in [6, 6.07) is 15.9. The van der Waals surface area contributed by atoms with Gasteiger partial charge in [-0.1, -0.05) is 36.4 Å². The van der Waals surface area contributed by atoms with Crippen molar-refractivity contribution in [3.8, 4) is 0 Å². The van der Waals surface area contributed by atoms with Gasteiger partial charge in [0.15, 0.2) is 0 Å². The highest BCUT2D eigenvalue weighted by molar-refractivity contribution is 7.53. The number of rotatable bonds is 13. The summed E-state index contributed by atoms with van der Waals surface area (Å²) in [7, 11) is -2.18. The molecule has 0 saturated carbocycles. The number of halogens is 1. The Balaban J connectivity index is 1.69. The van der Waals surface area contributed by atoms with E-state index < -0.39 is 20.5 Å². The van der Waals surface area contributed by atoms with Crippen molar-refractivity contribution < 1.29 is 32.3 Å². The van der Waals surface area contributed by atoms with Gasteiger partial charge < -0.3 is 14.0 Å². The van der Waals surface area contributed by atoms with Crippen molar-refractivity contribution in [3.63, 3.8) is 0 Å². The summed E-state index contributed by atoms with van der Waals surface area (Å²) in [4.78, 5) is 22.7. The number of nitrogens with zero attached hydrogens (tertiary/aromatic N) is 1. The van der Waals surface area contributed by atoms with Crippen molar-refractivity contribution in [2.45, 2.75) is 40.0 Å². The van der Waals surface area contributed by atoms with Gasteiger partial charge in [0.2, 0.25) is 6.79 Å². The van der Waals surface area contributed by atoms with E-state index in [4.69, 9.17) is 13.8 Å². The first-order chi connectivity index (χ1) is 18.7. The average Bonchev–Trinajstić information content (AvgIpc) is 2.91. The number of hydrogen-bond acceptors (Lipinski definition) is 8. The molecule has 0 spiro atoms. The van der Waals surface area contributed by atoms with Crippen molar-refractivity contribution in [2.75, 3.05) is 26.7 Å². The van der Waals surface area contributed by atoms with Crippen molar-refractivity contribution in [1.82, 2.24) is 0 Å². The lowest BCUT2D eigenvalue weighted by atomic mass is 9.92. The van der Waals surface area contributed by atoms with Gasteiger partial charge in [-0.05, 0) is 102 Å². The Kier molecular flexibility index (Phi) is 10.9.